The Morgan fingerprint density at radius 2 is 2.07 bits per heavy atom. The summed E-state index contributed by atoms with van der Waals surface area (Å²) in [6.07, 6.45) is 5.07. The highest BCUT2D eigenvalue weighted by Crippen LogP contribution is 2.29. The highest BCUT2D eigenvalue weighted by atomic mass is 19.1. The molecule has 2 heterocycles. The molecule has 0 saturated heterocycles. The molecule has 0 bridgehead atoms. The van der Waals surface area contributed by atoms with E-state index in [1.54, 1.807) is 30.6 Å². The van der Waals surface area contributed by atoms with E-state index in [0.717, 1.165) is 18.4 Å². The van der Waals surface area contributed by atoms with E-state index in [-0.39, 0.29) is 22.8 Å². The van der Waals surface area contributed by atoms with Crippen molar-refractivity contribution in [2.45, 2.75) is 33.2 Å². The largest absolute Gasteiger partial charge is 0.436 e. The summed E-state index contributed by atoms with van der Waals surface area (Å²) >= 11 is 0. The van der Waals surface area contributed by atoms with Crippen LogP contribution >= 0.6 is 0 Å². The Morgan fingerprint density at radius 3 is 2.71 bits per heavy atom. The number of nitrogens with zero attached hydrogens (tertiary/aromatic N) is 3. The molecule has 142 valence electrons. The lowest BCUT2D eigenvalue weighted by atomic mass is 10.0. The van der Waals surface area contributed by atoms with E-state index in [1.807, 2.05) is 26.0 Å². The molecule has 6 heteroatoms. The summed E-state index contributed by atoms with van der Waals surface area (Å²) in [5, 5.41) is 9.46. The average molecular weight is 377 g/mol. The van der Waals surface area contributed by atoms with Crippen LogP contribution in [0.3, 0.4) is 0 Å². The Labute approximate surface area is 162 Å². The van der Waals surface area contributed by atoms with Crippen LogP contribution in [0.2, 0.25) is 0 Å². The predicted molar refractivity (Wildman–Crippen MR) is 105 cm³/mol. The molecule has 2 aromatic heterocycles. The van der Waals surface area contributed by atoms with E-state index in [1.165, 1.54) is 16.7 Å². The van der Waals surface area contributed by atoms with Crippen LogP contribution < -0.4 is 10.3 Å². The van der Waals surface area contributed by atoms with Crippen molar-refractivity contribution in [2.24, 2.45) is 0 Å². The number of benzene rings is 1. The number of ether oxygens (including phenoxy) is 1. The fourth-order valence-electron chi connectivity index (χ4n) is 2.81. The molecule has 0 spiro atoms. The third-order valence-corrected chi connectivity index (χ3v) is 4.37. The SMILES string of the molecule is CCCCn1ccc(-c2ccc(Oc3ccc(C)cn3)c(F)c2)c(C#N)c1=O. The number of hydrogen-bond acceptors (Lipinski definition) is 4. The molecule has 0 unspecified atom stereocenters. The molecule has 3 rings (SSSR count). The lowest BCUT2D eigenvalue weighted by Gasteiger charge is -2.11. The van der Waals surface area contributed by atoms with Gasteiger partial charge in [-0.2, -0.15) is 5.26 Å². The third-order valence-electron chi connectivity index (χ3n) is 4.37. The molecule has 0 atom stereocenters. The molecular weight excluding hydrogens is 357 g/mol. The molecule has 0 aliphatic heterocycles. The van der Waals surface area contributed by atoms with Crippen molar-refractivity contribution in [3.8, 4) is 28.8 Å². The van der Waals surface area contributed by atoms with E-state index in [2.05, 4.69) is 4.98 Å². The smallest absolute Gasteiger partial charge is 0.269 e. The summed E-state index contributed by atoms with van der Waals surface area (Å²) in [5.74, 6) is -0.290. The zero-order chi connectivity index (χ0) is 20.1. The van der Waals surface area contributed by atoms with Crippen LogP contribution in [0.1, 0.15) is 30.9 Å². The van der Waals surface area contributed by atoms with Gasteiger partial charge in [-0.15, -0.1) is 0 Å². The highest BCUT2D eigenvalue weighted by Gasteiger charge is 2.14. The van der Waals surface area contributed by atoms with E-state index >= 15 is 0 Å². The van der Waals surface area contributed by atoms with E-state index in [9.17, 15) is 14.4 Å². The van der Waals surface area contributed by atoms with Gasteiger partial charge in [-0.3, -0.25) is 4.79 Å². The fourth-order valence-corrected chi connectivity index (χ4v) is 2.81. The van der Waals surface area contributed by atoms with Gasteiger partial charge in [-0.05, 0) is 42.7 Å². The van der Waals surface area contributed by atoms with Gasteiger partial charge in [0.05, 0.1) is 0 Å². The molecule has 3 aromatic rings. The molecule has 1 aromatic carbocycles. The lowest BCUT2D eigenvalue weighted by Crippen LogP contribution is -2.22. The number of halogens is 1. The van der Waals surface area contributed by atoms with Gasteiger partial charge in [0.2, 0.25) is 5.88 Å². The maximum atomic E-state index is 14.6. The summed E-state index contributed by atoms with van der Waals surface area (Å²) in [6, 6.07) is 11.5. The van der Waals surface area contributed by atoms with Gasteiger partial charge < -0.3 is 9.30 Å². The number of nitriles is 1. The van der Waals surface area contributed by atoms with Crippen molar-refractivity contribution in [2.75, 3.05) is 0 Å². The van der Waals surface area contributed by atoms with E-state index < -0.39 is 5.82 Å². The molecule has 0 radical (unpaired) electrons. The number of aryl methyl sites for hydroxylation is 2. The first-order valence-corrected chi connectivity index (χ1v) is 9.07. The second-order valence-corrected chi connectivity index (χ2v) is 6.49. The molecule has 0 N–H and O–H groups in total. The van der Waals surface area contributed by atoms with Crippen molar-refractivity contribution in [3.63, 3.8) is 0 Å². The maximum absolute atomic E-state index is 14.6. The third kappa shape index (κ3) is 4.09. The van der Waals surface area contributed by atoms with Crippen molar-refractivity contribution < 1.29 is 9.13 Å². The number of hydrogen-bond donors (Lipinski definition) is 0. The molecule has 5 nitrogen and oxygen atoms in total. The Kier molecular flexibility index (Phi) is 5.85. The van der Waals surface area contributed by atoms with Crippen molar-refractivity contribution in [1.29, 1.82) is 5.26 Å². The molecule has 0 fully saturated rings. The first-order chi connectivity index (χ1) is 13.5. The van der Waals surface area contributed by atoms with Gasteiger partial charge in [0.15, 0.2) is 11.6 Å². The first kappa shape index (κ1) is 19.3. The Morgan fingerprint density at radius 1 is 1.25 bits per heavy atom. The predicted octanol–water partition coefficient (Wildman–Crippen LogP) is 4.82. The molecule has 0 aliphatic carbocycles. The minimum atomic E-state index is -0.598. The summed E-state index contributed by atoms with van der Waals surface area (Å²) in [6.45, 7) is 4.48. The quantitative estimate of drug-likeness (QED) is 0.617. The van der Waals surface area contributed by atoms with Crippen LogP contribution in [0.25, 0.3) is 11.1 Å². The van der Waals surface area contributed by atoms with Gasteiger partial charge in [0, 0.05) is 30.6 Å². The number of rotatable bonds is 6. The van der Waals surface area contributed by atoms with Crippen molar-refractivity contribution in [3.05, 3.63) is 76.1 Å². The average Bonchev–Trinajstić information content (AvgIpc) is 2.70. The normalized spacial score (nSPS) is 10.5. The number of unbranched alkanes of at least 4 members (excludes halogenated alkanes) is 1. The van der Waals surface area contributed by atoms with Gasteiger partial charge in [-0.25, -0.2) is 9.37 Å². The Balaban J connectivity index is 1.93. The van der Waals surface area contributed by atoms with Crippen LogP contribution in [0.5, 0.6) is 11.6 Å². The van der Waals surface area contributed by atoms with E-state index in [0.29, 0.717) is 17.7 Å². The van der Waals surface area contributed by atoms with Crippen LogP contribution in [-0.2, 0) is 6.54 Å². The summed E-state index contributed by atoms with van der Waals surface area (Å²) in [4.78, 5) is 16.6. The second kappa shape index (κ2) is 8.49. The van der Waals surface area contributed by atoms with Crippen molar-refractivity contribution in [1.82, 2.24) is 9.55 Å². The van der Waals surface area contributed by atoms with Crippen LogP contribution in [0.15, 0.2) is 53.6 Å². The maximum Gasteiger partial charge on any atom is 0.269 e. The van der Waals surface area contributed by atoms with Crippen LogP contribution in [-0.4, -0.2) is 9.55 Å². The zero-order valence-electron chi connectivity index (χ0n) is 15.8. The molecular formula is C22H20FN3O2. The molecule has 0 saturated carbocycles. The van der Waals surface area contributed by atoms with Gasteiger partial charge in [-0.1, -0.05) is 25.5 Å². The second-order valence-electron chi connectivity index (χ2n) is 6.49. The zero-order valence-corrected chi connectivity index (χ0v) is 15.8. The number of aromatic nitrogens is 2. The topological polar surface area (TPSA) is 67.9 Å². The van der Waals surface area contributed by atoms with Gasteiger partial charge >= 0.3 is 0 Å². The summed E-state index contributed by atoms with van der Waals surface area (Å²) in [7, 11) is 0. The van der Waals surface area contributed by atoms with Gasteiger partial charge in [0.1, 0.15) is 11.6 Å². The minimum absolute atomic E-state index is 0.00636. The van der Waals surface area contributed by atoms with Gasteiger partial charge in [0.25, 0.3) is 5.56 Å². The Bertz CT molecular complexity index is 1080. The molecule has 0 amide bonds. The van der Waals surface area contributed by atoms with Crippen molar-refractivity contribution >= 4 is 0 Å². The standard InChI is InChI=1S/C22H20FN3O2/c1-3-4-10-26-11-9-17(18(13-24)22(26)27)16-6-7-20(19(23)12-16)28-21-8-5-15(2)14-25-21/h5-9,11-12,14H,3-4,10H2,1-2H3. The first-order valence-electron chi connectivity index (χ1n) is 9.07. The summed E-state index contributed by atoms with van der Waals surface area (Å²) in [5.41, 5.74) is 1.46. The fraction of sp³-hybridized carbons (Fsp3) is 0.227. The van der Waals surface area contributed by atoms with Crippen LogP contribution in [0, 0.1) is 24.1 Å². The summed E-state index contributed by atoms with van der Waals surface area (Å²) < 4.78 is 21.6. The number of pyridine rings is 2. The molecule has 0 aliphatic rings. The van der Waals surface area contributed by atoms with Crippen LogP contribution in [0.4, 0.5) is 4.39 Å². The lowest BCUT2D eigenvalue weighted by molar-refractivity contribution is 0.427. The minimum Gasteiger partial charge on any atom is -0.436 e. The monoisotopic (exact) mass is 377 g/mol. The Hall–Kier alpha value is -3.46. The van der Waals surface area contributed by atoms with E-state index in [4.69, 9.17) is 4.74 Å². The highest BCUT2D eigenvalue weighted by molar-refractivity contribution is 5.70. The molecule has 28 heavy (non-hydrogen) atoms.